The summed E-state index contributed by atoms with van der Waals surface area (Å²) in [5.74, 6) is 0.174. The Hall–Kier alpha value is -1.14. The van der Waals surface area contributed by atoms with Crippen molar-refractivity contribution in [2.24, 2.45) is 0 Å². The second-order valence-electron chi connectivity index (χ2n) is 6.16. The third-order valence-electron chi connectivity index (χ3n) is 4.57. The molecule has 1 aliphatic carbocycles. The van der Waals surface area contributed by atoms with Crippen LogP contribution in [0.1, 0.15) is 44.7 Å². The van der Waals surface area contributed by atoms with E-state index in [9.17, 15) is 4.79 Å². The van der Waals surface area contributed by atoms with Crippen molar-refractivity contribution >= 4 is 22.4 Å². The Morgan fingerprint density at radius 3 is 2.77 bits per heavy atom. The van der Waals surface area contributed by atoms with Gasteiger partial charge in [0.25, 0.3) is 0 Å². The standard InChI is InChI=1S/C16H25N3O2S/c1-13(20)19(15-5-3-2-4-6-15)11-14-12-22-16(17-14)18-7-9-21-10-8-18/h12,15H,2-11H2,1H3. The van der Waals surface area contributed by atoms with E-state index in [1.165, 1.54) is 19.3 Å². The van der Waals surface area contributed by atoms with Crippen molar-refractivity contribution in [1.29, 1.82) is 0 Å². The van der Waals surface area contributed by atoms with Gasteiger partial charge in [0.15, 0.2) is 5.13 Å². The molecule has 0 N–H and O–H groups in total. The fourth-order valence-electron chi connectivity index (χ4n) is 3.33. The number of hydrogen-bond donors (Lipinski definition) is 0. The second kappa shape index (κ2) is 7.42. The molecule has 2 aliphatic rings. The highest BCUT2D eigenvalue weighted by atomic mass is 32.1. The molecule has 5 nitrogen and oxygen atoms in total. The van der Waals surface area contributed by atoms with Gasteiger partial charge in [-0.15, -0.1) is 11.3 Å². The fraction of sp³-hybridized carbons (Fsp3) is 0.750. The van der Waals surface area contributed by atoms with Crippen molar-refractivity contribution in [2.45, 2.75) is 51.6 Å². The van der Waals surface area contributed by atoms with Crippen LogP contribution in [0.5, 0.6) is 0 Å². The summed E-state index contributed by atoms with van der Waals surface area (Å²) in [7, 11) is 0. The summed E-state index contributed by atoms with van der Waals surface area (Å²) in [5.41, 5.74) is 1.02. The van der Waals surface area contributed by atoms with E-state index < -0.39 is 0 Å². The number of rotatable bonds is 4. The lowest BCUT2D eigenvalue weighted by Gasteiger charge is -2.33. The van der Waals surface area contributed by atoms with Crippen molar-refractivity contribution in [3.05, 3.63) is 11.1 Å². The van der Waals surface area contributed by atoms with E-state index in [1.807, 2.05) is 4.90 Å². The van der Waals surface area contributed by atoms with Crippen molar-refractivity contribution in [3.63, 3.8) is 0 Å². The normalized spacial score (nSPS) is 20.1. The van der Waals surface area contributed by atoms with E-state index in [1.54, 1.807) is 18.3 Å². The molecule has 0 atom stereocenters. The van der Waals surface area contributed by atoms with Crippen LogP contribution in [-0.4, -0.2) is 48.1 Å². The van der Waals surface area contributed by atoms with Gasteiger partial charge in [0.05, 0.1) is 25.5 Å². The fourth-order valence-corrected chi connectivity index (χ4v) is 4.20. The molecule has 1 amide bonds. The number of aromatic nitrogens is 1. The lowest BCUT2D eigenvalue weighted by molar-refractivity contribution is -0.132. The number of hydrogen-bond acceptors (Lipinski definition) is 5. The van der Waals surface area contributed by atoms with Crippen molar-refractivity contribution in [3.8, 4) is 0 Å². The number of carbonyl (C=O) groups excluding carboxylic acids is 1. The monoisotopic (exact) mass is 323 g/mol. The third-order valence-corrected chi connectivity index (χ3v) is 5.52. The van der Waals surface area contributed by atoms with Crippen LogP contribution in [0.2, 0.25) is 0 Å². The van der Waals surface area contributed by atoms with Gasteiger partial charge < -0.3 is 14.5 Å². The van der Waals surface area contributed by atoms with Crippen LogP contribution in [-0.2, 0) is 16.1 Å². The number of ether oxygens (including phenoxy) is 1. The minimum Gasteiger partial charge on any atom is -0.378 e. The molecule has 0 bridgehead atoms. The predicted octanol–water partition coefficient (Wildman–Crippen LogP) is 2.66. The highest BCUT2D eigenvalue weighted by Gasteiger charge is 2.24. The van der Waals surface area contributed by atoms with Crippen molar-refractivity contribution < 1.29 is 9.53 Å². The van der Waals surface area contributed by atoms with Crippen molar-refractivity contribution in [2.75, 3.05) is 31.2 Å². The predicted molar refractivity (Wildman–Crippen MR) is 88.2 cm³/mol. The van der Waals surface area contributed by atoms with E-state index >= 15 is 0 Å². The Labute approximate surface area is 136 Å². The summed E-state index contributed by atoms with van der Waals surface area (Å²) in [6.07, 6.45) is 6.06. The van der Waals surface area contributed by atoms with Crippen LogP contribution >= 0.6 is 11.3 Å². The summed E-state index contributed by atoms with van der Waals surface area (Å²) in [6, 6.07) is 0.403. The van der Waals surface area contributed by atoms with E-state index in [-0.39, 0.29) is 5.91 Å². The van der Waals surface area contributed by atoms with Gasteiger partial charge in [-0.3, -0.25) is 4.79 Å². The summed E-state index contributed by atoms with van der Waals surface area (Å²) >= 11 is 1.68. The number of carbonyl (C=O) groups is 1. The quantitative estimate of drug-likeness (QED) is 0.854. The van der Waals surface area contributed by atoms with Crippen molar-refractivity contribution in [1.82, 2.24) is 9.88 Å². The molecule has 2 heterocycles. The molecule has 22 heavy (non-hydrogen) atoms. The zero-order valence-electron chi connectivity index (χ0n) is 13.3. The molecule has 0 spiro atoms. The van der Waals surface area contributed by atoms with Gasteiger partial charge in [-0.05, 0) is 12.8 Å². The maximum Gasteiger partial charge on any atom is 0.220 e. The van der Waals surface area contributed by atoms with Crippen LogP contribution in [0.25, 0.3) is 0 Å². The molecule has 6 heteroatoms. The maximum absolute atomic E-state index is 12.0. The van der Waals surface area contributed by atoms with E-state index in [2.05, 4.69) is 10.3 Å². The molecule has 0 unspecified atom stereocenters. The summed E-state index contributed by atoms with van der Waals surface area (Å²) in [6.45, 7) is 5.70. The first-order valence-electron chi connectivity index (χ1n) is 8.28. The van der Waals surface area contributed by atoms with Crippen LogP contribution in [0, 0.1) is 0 Å². The van der Waals surface area contributed by atoms with Gasteiger partial charge in [0.1, 0.15) is 0 Å². The zero-order chi connectivity index (χ0) is 15.4. The number of nitrogens with zero attached hydrogens (tertiary/aromatic N) is 3. The number of anilines is 1. The molecule has 3 rings (SSSR count). The number of thiazole rings is 1. The van der Waals surface area contributed by atoms with Gasteiger partial charge in [-0.1, -0.05) is 19.3 Å². The highest BCUT2D eigenvalue weighted by molar-refractivity contribution is 7.13. The molecule has 1 aromatic rings. The topological polar surface area (TPSA) is 45.7 Å². The molecule has 0 radical (unpaired) electrons. The molecule has 1 aliphatic heterocycles. The molecule has 1 saturated heterocycles. The number of morpholine rings is 1. The second-order valence-corrected chi connectivity index (χ2v) is 7.00. The minimum atomic E-state index is 0.174. The third kappa shape index (κ3) is 3.79. The molecular weight excluding hydrogens is 298 g/mol. The lowest BCUT2D eigenvalue weighted by Crippen LogP contribution is -2.39. The first-order chi connectivity index (χ1) is 10.7. The van der Waals surface area contributed by atoms with Crippen LogP contribution < -0.4 is 4.90 Å². The molecule has 0 aromatic carbocycles. The Kier molecular flexibility index (Phi) is 5.31. The van der Waals surface area contributed by atoms with E-state index in [0.717, 1.165) is 50.0 Å². The average Bonchev–Trinajstić information content (AvgIpc) is 3.03. The van der Waals surface area contributed by atoms with Gasteiger partial charge in [-0.25, -0.2) is 4.98 Å². The minimum absolute atomic E-state index is 0.174. The maximum atomic E-state index is 12.0. The highest BCUT2D eigenvalue weighted by Crippen LogP contribution is 2.26. The summed E-state index contributed by atoms with van der Waals surface area (Å²) in [5, 5.41) is 3.16. The van der Waals surface area contributed by atoms with Gasteiger partial charge >= 0.3 is 0 Å². The van der Waals surface area contributed by atoms with E-state index in [4.69, 9.17) is 9.72 Å². The Bertz CT molecular complexity index is 493. The summed E-state index contributed by atoms with van der Waals surface area (Å²) in [4.78, 5) is 21.1. The molecular formula is C16H25N3O2S. The number of amides is 1. The average molecular weight is 323 g/mol. The Morgan fingerprint density at radius 2 is 2.09 bits per heavy atom. The largest absolute Gasteiger partial charge is 0.378 e. The molecule has 122 valence electrons. The molecule has 1 saturated carbocycles. The lowest BCUT2D eigenvalue weighted by atomic mass is 9.94. The first-order valence-corrected chi connectivity index (χ1v) is 9.16. The van der Waals surface area contributed by atoms with E-state index in [0.29, 0.717) is 12.6 Å². The van der Waals surface area contributed by atoms with Gasteiger partial charge in [-0.2, -0.15) is 0 Å². The van der Waals surface area contributed by atoms with Gasteiger partial charge in [0, 0.05) is 31.4 Å². The van der Waals surface area contributed by atoms with Crippen LogP contribution in [0.4, 0.5) is 5.13 Å². The zero-order valence-corrected chi connectivity index (χ0v) is 14.1. The first kappa shape index (κ1) is 15.7. The SMILES string of the molecule is CC(=O)N(Cc1csc(N2CCOCC2)n1)C1CCCCC1. The Balaban J connectivity index is 1.65. The summed E-state index contributed by atoms with van der Waals surface area (Å²) < 4.78 is 5.39. The molecule has 2 fully saturated rings. The smallest absolute Gasteiger partial charge is 0.220 e. The Morgan fingerprint density at radius 1 is 1.36 bits per heavy atom. The van der Waals surface area contributed by atoms with Gasteiger partial charge in [0.2, 0.25) is 5.91 Å². The van der Waals surface area contributed by atoms with Crippen LogP contribution in [0.15, 0.2) is 5.38 Å². The van der Waals surface area contributed by atoms with Crippen LogP contribution in [0.3, 0.4) is 0 Å². The molecule has 1 aromatic heterocycles.